The Morgan fingerprint density at radius 1 is 0.970 bits per heavy atom. The molecule has 1 atom stereocenters. The van der Waals surface area contributed by atoms with Crippen LogP contribution in [0.1, 0.15) is 44.4 Å². The molecule has 0 aliphatic heterocycles. The maximum Gasteiger partial charge on any atom is 0.244 e. The van der Waals surface area contributed by atoms with Crippen LogP contribution in [0.3, 0.4) is 0 Å². The van der Waals surface area contributed by atoms with Gasteiger partial charge in [0, 0.05) is 12.1 Å². The van der Waals surface area contributed by atoms with E-state index in [9.17, 15) is 18.0 Å². The molecule has 0 fully saturated rings. The summed E-state index contributed by atoms with van der Waals surface area (Å²) in [5.41, 5.74) is 2.58. The fourth-order valence-corrected chi connectivity index (χ4v) is 4.37. The number of aryl methyl sites for hydroxylation is 2. The number of anilines is 1. The zero-order valence-corrected chi connectivity index (χ0v) is 21.4. The van der Waals surface area contributed by atoms with Crippen LogP contribution in [0.2, 0.25) is 0 Å². The number of amides is 2. The van der Waals surface area contributed by atoms with Crippen molar-refractivity contribution in [1.29, 1.82) is 0 Å². The van der Waals surface area contributed by atoms with Gasteiger partial charge in [-0.05, 0) is 64.3 Å². The summed E-state index contributed by atoms with van der Waals surface area (Å²) in [6.07, 6.45) is 1.08. The van der Waals surface area contributed by atoms with Crippen molar-refractivity contribution in [3.63, 3.8) is 0 Å². The fourth-order valence-electron chi connectivity index (χ4n) is 3.47. The van der Waals surface area contributed by atoms with E-state index in [0.717, 1.165) is 27.3 Å². The van der Waals surface area contributed by atoms with Gasteiger partial charge in [0.1, 0.15) is 12.6 Å². The summed E-state index contributed by atoms with van der Waals surface area (Å²) in [6.45, 7) is 10.8. The molecule has 2 aromatic rings. The van der Waals surface area contributed by atoms with E-state index in [-0.39, 0.29) is 12.5 Å². The largest absolute Gasteiger partial charge is 0.350 e. The highest BCUT2D eigenvalue weighted by Gasteiger charge is 2.31. The molecule has 0 bridgehead atoms. The predicted molar refractivity (Wildman–Crippen MR) is 132 cm³/mol. The number of benzene rings is 2. The Bertz CT molecular complexity index is 1110. The Morgan fingerprint density at radius 3 is 2.03 bits per heavy atom. The van der Waals surface area contributed by atoms with Gasteiger partial charge in [-0.1, -0.05) is 42.5 Å². The van der Waals surface area contributed by atoms with Crippen LogP contribution in [0.25, 0.3) is 0 Å². The van der Waals surface area contributed by atoms with E-state index in [2.05, 4.69) is 5.32 Å². The van der Waals surface area contributed by atoms with Crippen molar-refractivity contribution in [3.05, 3.63) is 65.2 Å². The van der Waals surface area contributed by atoms with Gasteiger partial charge in [-0.3, -0.25) is 13.9 Å². The molecule has 180 valence electrons. The highest BCUT2D eigenvalue weighted by Crippen LogP contribution is 2.23. The third-order valence-electron chi connectivity index (χ3n) is 5.33. The molecule has 2 amide bonds. The zero-order chi connectivity index (χ0) is 25.0. The van der Waals surface area contributed by atoms with Crippen LogP contribution in [0.15, 0.2) is 48.5 Å². The summed E-state index contributed by atoms with van der Waals surface area (Å²) >= 11 is 0. The third-order valence-corrected chi connectivity index (χ3v) is 6.46. The zero-order valence-electron chi connectivity index (χ0n) is 20.5. The maximum absolute atomic E-state index is 13.6. The van der Waals surface area contributed by atoms with Crippen molar-refractivity contribution in [3.8, 4) is 0 Å². The van der Waals surface area contributed by atoms with Crippen LogP contribution in [-0.4, -0.2) is 49.5 Å². The number of carbonyl (C=O) groups excluding carboxylic acids is 2. The summed E-state index contributed by atoms with van der Waals surface area (Å²) in [6, 6.07) is 13.8. The molecule has 1 unspecified atom stereocenters. The van der Waals surface area contributed by atoms with Crippen LogP contribution in [0, 0.1) is 13.8 Å². The van der Waals surface area contributed by atoms with Gasteiger partial charge in [0.05, 0.1) is 11.9 Å². The second-order valence-electron chi connectivity index (χ2n) is 9.42. The Kier molecular flexibility index (Phi) is 8.30. The molecular formula is C25H35N3O4S. The number of rotatable bonds is 8. The molecule has 2 aromatic carbocycles. The summed E-state index contributed by atoms with van der Waals surface area (Å²) in [5, 5.41) is 2.91. The average Bonchev–Trinajstić information content (AvgIpc) is 2.69. The van der Waals surface area contributed by atoms with E-state index in [1.54, 1.807) is 32.0 Å². The van der Waals surface area contributed by atoms with E-state index in [4.69, 9.17) is 0 Å². The predicted octanol–water partition coefficient (Wildman–Crippen LogP) is 3.40. The first kappa shape index (κ1) is 26.4. The Hall–Kier alpha value is -2.87. The molecule has 0 saturated heterocycles. The first-order valence-corrected chi connectivity index (χ1v) is 12.7. The molecule has 0 aromatic heterocycles. The molecule has 33 heavy (non-hydrogen) atoms. The molecule has 7 nitrogen and oxygen atoms in total. The lowest BCUT2D eigenvalue weighted by molar-refractivity contribution is -0.140. The van der Waals surface area contributed by atoms with Gasteiger partial charge in [-0.25, -0.2) is 8.42 Å². The molecule has 0 aliphatic carbocycles. The van der Waals surface area contributed by atoms with E-state index in [1.165, 1.54) is 4.90 Å². The van der Waals surface area contributed by atoms with Crippen molar-refractivity contribution in [1.82, 2.24) is 10.2 Å². The second-order valence-corrected chi connectivity index (χ2v) is 11.3. The molecule has 0 spiro atoms. The fraction of sp³-hybridized carbons (Fsp3) is 0.440. The van der Waals surface area contributed by atoms with Gasteiger partial charge in [0.2, 0.25) is 21.8 Å². The number of para-hydroxylation sites is 1. The van der Waals surface area contributed by atoms with Crippen molar-refractivity contribution >= 4 is 27.5 Å². The van der Waals surface area contributed by atoms with Crippen molar-refractivity contribution in [2.24, 2.45) is 0 Å². The van der Waals surface area contributed by atoms with Crippen molar-refractivity contribution < 1.29 is 18.0 Å². The topological polar surface area (TPSA) is 86.8 Å². The SMILES string of the molecule is Cc1ccccc1CN(C(=O)CN(c1ccccc1C)S(C)(=O)=O)C(C)C(=O)NC(C)(C)C. The standard InChI is InChI=1S/C25H35N3O4S/c1-18-12-8-10-14-21(18)16-27(20(3)24(30)26-25(4,5)6)23(29)17-28(33(7,31)32)22-15-11-9-13-19(22)2/h8-15,20H,16-17H2,1-7H3,(H,26,30). The lowest BCUT2D eigenvalue weighted by Gasteiger charge is -2.33. The normalized spacial score (nSPS) is 12.7. The summed E-state index contributed by atoms with van der Waals surface area (Å²) in [7, 11) is -3.74. The quantitative estimate of drug-likeness (QED) is 0.637. The van der Waals surface area contributed by atoms with Gasteiger partial charge >= 0.3 is 0 Å². The van der Waals surface area contributed by atoms with Crippen LogP contribution in [0.4, 0.5) is 5.69 Å². The highest BCUT2D eigenvalue weighted by molar-refractivity contribution is 7.92. The summed E-state index contributed by atoms with van der Waals surface area (Å²) < 4.78 is 26.3. The monoisotopic (exact) mass is 473 g/mol. The molecule has 0 saturated carbocycles. The Labute approximate surface area is 197 Å². The lowest BCUT2D eigenvalue weighted by atomic mass is 10.1. The number of carbonyl (C=O) groups is 2. The highest BCUT2D eigenvalue weighted by atomic mass is 32.2. The summed E-state index contributed by atoms with van der Waals surface area (Å²) in [4.78, 5) is 27.9. The number of hydrogen-bond donors (Lipinski definition) is 1. The molecule has 2 rings (SSSR count). The average molecular weight is 474 g/mol. The minimum atomic E-state index is -3.74. The minimum Gasteiger partial charge on any atom is -0.350 e. The Balaban J connectivity index is 2.43. The first-order chi connectivity index (χ1) is 15.2. The number of hydrogen-bond acceptors (Lipinski definition) is 4. The van der Waals surface area contributed by atoms with Crippen LogP contribution < -0.4 is 9.62 Å². The summed E-state index contributed by atoms with van der Waals surface area (Å²) in [5.74, 6) is -0.755. The second kappa shape index (κ2) is 10.4. The maximum atomic E-state index is 13.6. The number of sulfonamides is 1. The van der Waals surface area contributed by atoms with Gasteiger partial charge in [-0.2, -0.15) is 0 Å². The molecule has 0 radical (unpaired) electrons. The third kappa shape index (κ3) is 7.32. The lowest BCUT2D eigenvalue weighted by Crippen LogP contribution is -2.54. The van der Waals surface area contributed by atoms with Gasteiger partial charge in [0.15, 0.2) is 0 Å². The number of nitrogens with one attached hydrogen (secondary N) is 1. The number of nitrogens with zero attached hydrogens (tertiary/aromatic N) is 2. The van der Waals surface area contributed by atoms with Gasteiger partial charge < -0.3 is 10.2 Å². The van der Waals surface area contributed by atoms with Crippen LogP contribution in [0.5, 0.6) is 0 Å². The molecule has 0 heterocycles. The van der Waals surface area contributed by atoms with Crippen molar-refractivity contribution in [2.45, 2.75) is 59.7 Å². The molecule has 8 heteroatoms. The molecular weight excluding hydrogens is 438 g/mol. The molecule has 0 aliphatic rings. The van der Waals surface area contributed by atoms with E-state index in [0.29, 0.717) is 5.69 Å². The minimum absolute atomic E-state index is 0.190. The van der Waals surface area contributed by atoms with Crippen LogP contribution in [-0.2, 0) is 26.2 Å². The first-order valence-electron chi connectivity index (χ1n) is 10.9. The smallest absolute Gasteiger partial charge is 0.244 e. The van der Waals surface area contributed by atoms with Gasteiger partial charge in [0.25, 0.3) is 0 Å². The van der Waals surface area contributed by atoms with E-state index >= 15 is 0 Å². The Morgan fingerprint density at radius 2 is 1.52 bits per heavy atom. The van der Waals surface area contributed by atoms with Crippen molar-refractivity contribution in [2.75, 3.05) is 17.1 Å². The molecule has 1 N–H and O–H groups in total. The van der Waals surface area contributed by atoms with Gasteiger partial charge in [-0.15, -0.1) is 0 Å². The van der Waals surface area contributed by atoms with E-state index in [1.807, 2.05) is 58.0 Å². The van der Waals surface area contributed by atoms with E-state index < -0.39 is 34.1 Å². The van der Waals surface area contributed by atoms with Crippen LogP contribution >= 0.6 is 0 Å².